The molecule has 2 aromatic rings. The summed E-state index contributed by atoms with van der Waals surface area (Å²) in [5.41, 5.74) is 2.07. The van der Waals surface area contributed by atoms with E-state index in [4.69, 9.17) is 0 Å². The smallest absolute Gasteiger partial charge is 0.194 e. The zero-order valence-electron chi connectivity index (χ0n) is 11.5. The molecule has 0 saturated heterocycles. The third-order valence-corrected chi connectivity index (χ3v) is 3.84. The lowest BCUT2D eigenvalue weighted by Crippen LogP contribution is -2.04. The summed E-state index contributed by atoms with van der Waals surface area (Å²) < 4.78 is 13.7. The Kier molecular flexibility index (Phi) is 4.71. The molecule has 0 saturated carbocycles. The SMILES string of the molecule is CC(C)Cc1cccc(C(=O)c2cccc(F)c2Br)c1. The van der Waals surface area contributed by atoms with Gasteiger partial charge in [-0.3, -0.25) is 4.79 Å². The van der Waals surface area contributed by atoms with Crippen LogP contribution in [0.1, 0.15) is 35.3 Å². The molecule has 20 heavy (non-hydrogen) atoms. The van der Waals surface area contributed by atoms with Gasteiger partial charge in [0.05, 0.1) is 4.47 Å². The molecule has 0 fully saturated rings. The van der Waals surface area contributed by atoms with Crippen molar-refractivity contribution in [2.24, 2.45) is 5.92 Å². The second-order valence-corrected chi connectivity index (χ2v) is 6.02. The molecule has 0 aliphatic heterocycles. The standard InChI is InChI=1S/C17H16BrFO/c1-11(2)9-12-5-3-6-13(10-12)17(20)14-7-4-8-15(19)16(14)18/h3-8,10-11H,9H2,1-2H3. The van der Waals surface area contributed by atoms with Crippen LogP contribution in [0.5, 0.6) is 0 Å². The Labute approximate surface area is 127 Å². The van der Waals surface area contributed by atoms with Crippen molar-refractivity contribution in [2.45, 2.75) is 20.3 Å². The summed E-state index contributed by atoms with van der Waals surface area (Å²) in [6.45, 7) is 4.27. The summed E-state index contributed by atoms with van der Waals surface area (Å²) in [5.74, 6) is -0.0579. The Morgan fingerprint density at radius 2 is 1.90 bits per heavy atom. The van der Waals surface area contributed by atoms with E-state index in [0.29, 0.717) is 17.0 Å². The average molecular weight is 335 g/mol. The van der Waals surface area contributed by atoms with E-state index in [1.807, 2.05) is 18.2 Å². The van der Waals surface area contributed by atoms with Crippen LogP contribution in [0.15, 0.2) is 46.9 Å². The Morgan fingerprint density at radius 3 is 2.60 bits per heavy atom. The van der Waals surface area contributed by atoms with Crippen LogP contribution in [0.2, 0.25) is 0 Å². The minimum absolute atomic E-state index is 0.165. The van der Waals surface area contributed by atoms with Gasteiger partial charge in [0.15, 0.2) is 5.78 Å². The molecule has 0 bridgehead atoms. The normalized spacial score (nSPS) is 10.8. The topological polar surface area (TPSA) is 17.1 Å². The lowest BCUT2D eigenvalue weighted by Gasteiger charge is -2.08. The maximum atomic E-state index is 13.5. The van der Waals surface area contributed by atoms with Crippen molar-refractivity contribution >= 4 is 21.7 Å². The van der Waals surface area contributed by atoms with E-state index in [2.05, 4.69) is 29.8 Å². The molecule has 0 N–H and O–H groups in total. The van der Waals surface area contributed by atoms with Gasteiger partial charge in [-0.25, -0.2) is 4.39 Å². The van der Waals surface area contributed by atoms with Gasteiger partial charge in [0.25, 0.3) is 0 Å². The number of carbonyl (C=O) groups is 1. The second kappa shape index (κ2) is 6.31. The van der Waals surface area contributed by atoms with Crippen LogP contribution in [0, 0.1) is 11.7 Å². The Balaban J connectivity index is 2.36. The predicted molar refractivity (Wildman–Crippen MR) is 82.5 cm³/mol. The van der Waals surface area contributed by atoms with Crippen molar-refractivity contribution < 1.29 is 9.18 Å². The molecule has 0 spiro atoms. The first-order valence-corrected chi connectivity index (χ1v) is 7.36. The van der Waals surface area contributed by atoms with Crippen molar-refractivity contribution in [3.05, 3.63) is 69.4 Å². The molecule has 2 aromatic carbocycles. The van der Waals surface area contributed by atoms with Crippen LogP contribution in [-0.4, -0.2) is 5.78 Å². The van der Waals surface area contributed by atoms with Gasteiger partial charge in [-0.1, -0.05) is 38.1 Å². The summed E-state index contributed by atoms with van der Waals surface area (Å²) >= 11 is 3.14. The van der Waals surface area contributed by atoms with Gasteiger partial charge >= 0.3 is 0 Å². The molecule has 0 heterocycles. The number of hydrogen-bond donors (Lipinski definition) is 0. The van der Waals surface area contributed by atoms with Crippen molar-refractivity contribution in [1.82, 2.24) is 0 Å². The zero-order valence-corrected chi connectivity index (χ0v) is 13.1. The predicted octanol–water partition coefficient (Wildman–Crippen LogP) is 5.02. The van der Waals surface area contributed by atoms with Crippen LogP contribution in [-0.2, 0) is 6.42 Å². The number of rotatable bonds is 4. The number of carbonyl (C=O) groups excluding carboxylic acids is 1. The highest BCUT2D eigenvalue weighted by molar-refractivity contribution is 9.10. The quantitative estimate of drug-likeness (QED) is 0.717. The lowest BCUT2D eigenvalue weighted by molar-refractivity contribution is 0.103. The average Bonchev–Trinajstić information content (AvgIpc) is 2.41. The monoisotopic (exact) mass is 334 g/mol. The molecule has 0 radical (unpaired) electrons. The van der Waals surface area contributed by atoms with Crippen molar-refractivity contribution in [1.29, 1.82) is 0 Å². The number of hydrogen-bond acceptors (Lipinski definition) is 1. The highest BCUT2D eigenvalue weighted by atomic mass is 79.9. The van der Waals surface area contributed by atoms with E-state index in [0.717, 1.165) is 12.0 Å². The third kappa shape index (κ3) is 3.34. The van der Waals surface area contributed by atoms with E-state index >= 15 is 0 Å². The van der Waals surface area contributed by atoms with Gasteiger partial charge in [0.1, 0.15) is 5.82 Å². The van der Waals surface area contributed by atoms with Gasteiger partial charge in [-0.05, 0) is 52.0 Å². The molecule has 1 nitrogen and oxygen atoms in total. The molecule has 3 heteroatoms. The van der Waals surface area contributed by atoms with Crippen LogP contribution in [0.4, 0.5) is 4.39 Å². The van der Waals surface area contributed by atoms with Crippen LogP contribution in [0.25, 0.3) is 0 Å². The third-order valence-electron chi connectivity index (χ3n) is 3.03. The first-order valence-electron chi connectivity index (χ1n) is 6.56. The number of halogens is 2. The van der Waals surface area contributed by atoms with Crippen molar-refractivity contribution in [3.63, 3.8) is 0 Å². The summed E-state index contributed by atoms with van der Waals surface area (Å²) in [4.78, 5) is 12.5. The molecule has 104 valence electrons. The van der Waals surface area contributed by atoms with Crippen LogP contribution < -0.4 is 0 Å². The fourth-order valence-corrected chi connectivity index (χ4v) is 2.59. The van der Waals surface area contributed by atoms with E-state index in [1.54, 1.807) is 18.2 Å². The number of benzene rings is 2. The fraction of sp³-hybridized carbons (Fsp3) is 0.235. The van der Waals surface area contributed by atoms with E-state index < -0.39 is 5.82 Å². The Morgan fingerprint density at radius 1 is 1.20 bits per heavy atom. The maximum Gasteiger partial charge on any atom is 0.194 e. The van der Waals surface area contributed by atoms with Gasteiger partial charge in [0.2, 0.25) is 0 Å². The molecular weight excluding hydrogens is 319 g/mol. The van der Waals surface area contributed by atoms with E-state index in [-0.39, 0.29) is 10.3 Å². The number of ketones is 1. The maximum absolute atomic E-state index is 13.5. The highest BCUT2D eigenvalue weighted by Gasteiger charge is 2.15. The van der Waals surface area contributed by atoms with Gasteiger partial charge in [-0.2, -0.15) is 0 Å². The summed E-state index contributed by atoms with van der Waals surface area (Å²) in [6.07, 6.45) is 0.922. The van der Waals surface area contributed by atoms with Crippen molar-refractivity contribution in [2.75, 3.05) is 0 Å². The van der Waals surface area contributed by atoms with Crippen LogP contribution >= 0.6 is 15.9 Å². The summed E-state index contributed by atoms with van der Waals surface area (Å²) in [6, 6.07) is 12.0. The van der Waals surface area contributed by atoms with Gasteiger partial charge in [0, 0.05) is 11.1 Å². The zero-order chi connectivity index (χ0) is 14.7. The molecule has 0 atom stereocenters. The van der Waals surface area contributed by atoms with Crippen LogP contribution in [0.3, 0.4) is 0 Å². The van der Waals surface area contributed by atoms with Gasteiger partial charge in [-0.15, -0.1) is 0 Å². The van der Waals surface area contributed by atoms with E-state index in [1.165, 1.54) is 6.07 Å². The minimum atomic E-state index is -0.422. The Hall–Kier alpha value is -1.48. The Bertz CT molecular complexity index is 635. The summed E-state index contributed by atoms with van der Waals surface area (Å²) in [5, 5.41) is 0. The summed E-state index contributed by atoms with van der Waals surface area (Å²) in [7, 11) is 0. The minimum Gasteiger partial charge on any atom is -0.289 e. The van der Waals surface area contributed by atoms with Gasteiger partial charge < -0.3 is 0 Å². The highest BCUT2D eigenvalue weighted by Crippen LogP contribution is 2.23. The van der Waals surface area contributed by atoms with Crippen molar-refractivity contribution in [3.8, 4) is 0 Å². The largest absolute Gasteiger partial charge is 0.289 e. The molecule has 0 aromatic heterocycles. The second-order valence-electron chi connectivity index (χ2n) is 5.23. The fourth-order valence-electron chi connectivity index (χ4n) is 2.15. The molecule has 0 amide bonds. The molecular formula is C17H16BrFO. The molecule has 0 unspecified atom stereocenters. The first-order chi connectivity index (χ1) is 9.49. The lowest BCUT2D eigenvalue weighted by atomic mass is 9.97. The molecule has 0 aliphatic carbocycles. The van der Waals surface area contributed by atoms with E-state index in [9.17, 15) is 9.18 Å². The first kappa shape index (κ1) is 14.9. The molecule has 0 aliphatic rings. The molecule has 2 rings (SSSR count).